The van der Waals surface area contributed by atoms with Gasteiger partial charge in [0.1, 0.15) is 0 Å². The van der Waals surface area contributed by atoms with Gasteiger partial charge in [-0.1, -0.05) is 6.92 Å². The Hall–Kier alpha value is -0.0800. The minimum atomic E-state index is 0.531. The van der Waals surface area contributed by atoms with Gasteiger partial charge in [0.05, 0.1) is 0 Å². The van der Waals surface area contributed by atoms with Crippen LogP contribution < -0.4 is 5.73 Å². The summed E-state index contributed by atoms with van der Waals surface area (Å²) < 4.78 is 0. The first-order valence-electron chi connectivity index (χ1n) is 6.69. The summed E-state index contributed by atoms with van der Waals surface area (Å²) in [5, 5.41) is 0. The summed E-state index contributed by atoms with van der Waals surface area (Å²) in [6.07, 6.45) is 8.43. The lowest BCUT2D eigenvalue weighted by Crippen LogP contribution is -2.49. The Morgan fingerprint density at radius 2 is 1.47 bits per heavy atom. The molecule has 2 N–H and O–H groups in total. The molecule has 2 spiro atoms. The van der Waals surface area contributed by atoms with Gasteiger partial charge in [-0.15, -0.1) is 0 Å². The van der Waals surface area contributed by atoms with Crippen molar-refractivity contribution in [1.29, 1.82) is 0 Å². The van der Waals surface area contributed by atoms with Crippen molar-refractivity contribution >= 4 is 0 Å². The maximum atomic E-state index is 6.55. The van der Waals surface area contributed by atoms with Gasteiger partial charge in [0.2, 0.25) is 0 Å². The summed E-state index contributed by atoms with van der Waals surface area (Å²) in [6, 6.07) is 0.531. The molecule has 1 unspecified atom stereocenters. The molecule has 0 aromatic carbocycles. The Labute approximate surface area is 93.2 Å². The number of hydrogen-bond acceptors (Lipinski definition) is 2. The van der Waals surface area contributed by atoms with Gasteiger partial charge in [0, 0.05) is 6.04 Å². The third-order valence-electron chi connectivity index (χ3n) is 5.63. The van der Waals surface area contributed by atoms with Gasteiger partial charge >= 0.3 is 0 Å². The summed E-state index contributed by atoms with van der Waals surface area (Å²) in [5.41, 5.74) is 7.72. The van der Waals surface area contributed by atoms with E-state index in [4.69, 9.17) is 5.73 Å². The lowest BCUT2D eigenvalue weighted by atomic mass is 9.72. The molecule has 0 radical (unpaired) electrons. The molecule has 0 aromatic heterocycles. The predicted molar refractivity (Wildman–Crippen MR) is 62.7 cm³/mol. The number of hydrogen-bond donors (Lipinski definition) is 1. The molecule has 2 saturated carbocycles. The highest BCUT2D eigenvalue weighted by Crippen LogP contribution is 2.65. The molecule has 0 bridgehead atoms. The van der Waals surface area contributed by atoms with Gasteiger partial charge in [-0.3, -0.25) is 0 Å². The second-order valence-corrected chi connectivity index (χ2v) is 6.14. The van der Waals surface area contributed by atoms with Gasteiger partial charge in [0.25, 0.3) is 0 Å². The highest BCUT2D eigenvalue weighted by atomic mass is 15.1. The Kier molecular flexibility index (Phi) is 2.16. The van der Waals surface area contributed by atoms with Gasteiger partial charge in [-0.25, -0.2) is 0 Å². The van der Waals surface area contributed by atoms with Crippen LogP contribution in [0.25, 0.3) is 0 Å². The van der Waals surface area contributed by atoms with Gasteiger partial charge in [-0.2, -0.15) is 0 Å². The zero-order valence-electron chi connectivity index (χ0n) is 9.97. The monoisotopic (exact) mass is 208 g/mol. The van der Waals surface area contributed by atoms with Crippen molar-refractivity contribution in [2.45, 2.75) is 51.5 Å². The van der Waals surface area contributed by atoms with E-state index in [1.807, 2.05) is 0 Å². The molecule has 2 heteroatoms. The maximum Gasteiger partial charge on any atom is 0.0153 e. The normalized spacial score (nSPS) is 37.6. The van der Waals surface area contributed by atoms with E-state index in [0.717, 1.165) is 0 Å². The maximum absolute atomic E-state index is 6.55. The number of piperidine rings is 1. The molecule has 86 valence electrons. The van der Waals surface area contributed by atoms with Crippen LogP contribution >= 0.6 is 0 Å². The largest absolute Gasteiger partial charge is 0.327 e. The summed E-state index contributed by atoms with van der Waals surface area (Å²) in [5.74, 6) is 0. The summed E-state index contributed by atoms with van der Waals surface area (Å²) in [4.78, 5) is 2.58. The van der Waals surface area contributed by atoms with Gasteiger partial charge in [-0.05, 0) is 69.0 Å². The first kappa shape index (κ1) is 10.1. The molecule has 3 fully saturated rings. The number of nitrogens with two attached hydrogens (primary N) is 1. The third kappa shape index (κ3) is 1.38. The topological polar surface area (TPSA) is 29.3 Å². The molecule has 1 heterocycles. The highest BCUT2D eigenvalue weighted by molar-refractivity contribution is 5.14. The fourth-order valence-electron chi connectivity index (χ4n) is 4.06. The van der Waals surface area contributed by atoms with E-state index in [9.17, 15) is 0 Å². The van der Waals surface area contributed by atoms with Crippen molar-refractivity contribution in [2.75, 3.05) is 19.6 Å². The van der Waals surface area contributed by atoms with Crippen LogP contribution in [0, 0.1) is 10.8 Å². The van der Waals surface area contributed by atoms with Crippen LogP contribution in [0.4, 0.5) is 0 Å². The molecule has 0 aromatic rings. The lowest BCUT2D eigenvalue weighted by molar-refractivity contribution is 0.0904. The summed E-state index contributed by atoms with van der Waals surface area (Å²) >= 11 is 0. The Morgan fingerprint density at radius 1 is 1.00 bits per heavy atom. The van der Waals surface area contributed by atoms with Crippen molar-refractivity contribution in [3.05, 3.63) is 0 Å². The van der Waals surface area contributed by atoms with E-state index in [2.05, 4.69) is 11.8 Å². The van der Waals surface area contributed by atoms with E-state index in [-0.39, 0.29) is 0 Å². The molecular weight excluding hydrogens is 184 g/mol. The molecule has 2 aliphatic carbocycles. The average molecular weight is 208 g/mol. The van der Waals surface area contributed by atoms with Crippen LogP contribution in [0.1, 0.15) is 45.4 Å². The summed E-state index contributed by atoms with van der Waals surface area (Å²) in [6.45, 7) is 6.08. The quantitative estimate of drug-likeness (QED) is 0.714. The minimum Gasteiger partial charge on any atom is -0.327 e. The third-order valence-corrected chi connectivity index (χ3v) is 5.63. The molecule has 1 atom stereocenters. The van der Waals surface area contributed by atoms with Crippen molar-refractivity contribution in [2.24, 2.45) is 16.6 Å². The molecule has 3 aliphatic rings. The second kappa shape index (κ2) is 3.21. The van der Waals surface area contributed by atoms with Crippen LogP contribution in [0.3, 0.4) is 0 Å². The Balaban J connectivity index is 1.71. The van der Waals surface area contributed by atoms with E-state index >= 15 is 0 Å². The van der Waals surface area contributed by atoms with E-state index in [1.165, 1.54) is 58.2 Å². The fraction of sp³-hybridized carbons (Fsp3) is 1.00. The highest BCUT2D eigenvalue weighted by Gasteiger charge is 2.60. The van der Waals surface area contributed by atoms with Gasteiger partial charge < -0.3 is 10.6 Å². The molecule has 1 saturated heterocycles. The van der Waals surface area contributed by atoms with Crippen LogP contribution in [0.5, 0.6) is 0 Å². The van der Waals surface area contributed by atoms with Gasteiger partial charge in [0.15, 0.2) is 0 Å². The standard InChI is InChI=1S/C13H24N2/c1-2-15-9-7-13(8-10-15)6-5-12(3-4-12)11(13)14/h11H,2-10,14H2,1H3. The first-order valence-corrected chi connectivity index (χ1v) is 6.69. The van der Waals surface area contributed by atoms with E-state index in [0.29, 0.717) is 16.9 Å². The SMILES string of the molecule is CCN1CCC2(CC1)CCC1(CC1)C2N. The van der Waals surface area contributed by atoms with Crippen LogP contribution in [-0.2, 0) is 0 Å². The zero-order chi connectivity index (χ0) is 10.5. The molecular formula is C13H24N2. The van der Waals surface area contributed by atoms with E-state index < -0.39 is 0 Å². The molecule has 0 amide bonds. The Morgan fingerprint density at radius 3 is 1.93 bits per heavy atom. The van der Waals surface area contributed by atoms with Crippen LogP contribution in [0.15, 0.2) is 0 Å². The van der Waals surface area contributed by atoms with Crippen molar-refractivity contribution < 1.29 is 0 Å². The Bertz CT molecular complexity index is 249. The van der Waals surface area contributed by atoms with Crippen molar-refractivity contribution in [3.8, 4) is 0 Å². The molecule has 15 heavy (non-hydrogen) atoms. The first-order chi connectivity index (χ1) is 7.21. The lowest BCUT2D eigenvalue weighted by Gasteiger charge is -2.42. The number of nitrogens with zero attached hydrogens (tertiary/aromatic N) is 1. The van der Waals surface area contributed by atoms with Crippen molar-refractivity contribution in [3.63, 3.8) is 0 Å². The van der Waals surface area contributed by atoms with Crippen LogP contribution in [0.2, 0.25) is 0 Å². The zero-order valence-corrected chi connectivity index (χ0v) is 9.97. The predicted octanol–water partition coefficient (Wildman–Crippen LogP) is 1.99. The molecule has 2 nitrogen and oxygen atoms in total. The average Bonchev–Trinajstić information content (AvgIpc) is 3.02. The molecule has 1 aliphatic heterocycles. The van der Waals surface area contributed by atoms with E-state index in [1.54, 1.807) is 0 Å². The smallest absolute Gasteiger partial charge is 0.0153 e. The number of rotatable bonds is 1. The second-order valence-electron chi connectivity index (χ2n) is 6.14. The minimum absolute atomic E-state index is 0.531. The summed E-state index contributed by atoms with van der Waals surface area (Å²) in [7, 11) is 0. The van der Waals surface area contributed by atoms with Crippen LogP contribution in [-0.4, -0.2) is 30.6 Å². The molecule has 3 rings (SSSR count). The van der Waals surface area contributed by atoms with Crippen molar-refractivity contribution in [1.82, 2.24) is 4.90 Å². The number of likely N-dealkylation sites (tertiary alicyclic amines) is 1. The fourth-order valence-corrected chi connectivity index (χ4v) is 4.06.